The van der Waals surface area contributed by atoms with Crippen LogP contribution in [-0.4, -0.2) is 6.61 Å². The quantitative estimate of drug-likeness (QED) is 0.427. The molecule has 0 aliphatic heterocycles. The fraction of sp³-hybridized carbons (Fsp3) is 0.250. The molecular weight excluding hydrogens is 389 g/mol. The van der Waals surface area contributed by atoms with E-state index in [2.05, 4.69) is 24.4 Å². The van der Waals surface area contributed by atoms with Crippen LogP contribution in [0, 0.1) is 5.82 Å². The summed E-state index contributed by atoms with van der Waals surface area (Å²) in [7, 11) is 0. The minimum absolute atomic E-state index is 0.275. The smallest absolute Gasteiger partial charge is 0.180 e. The van der Waals surface area contributed by atoms with Crippen LogP contribution in [0.4, 0.5) is 10.1 Å². The number of nitrogens with one attached hydrogen (secondary N) is 1. The van der Waals surface area contributed by atoms with E-state index in [1.807, 2.05) is 31.2 Å². The Labute approximate surface area is 176 Å². The normalized spacial score (nSPS) is 10.6. The third-order valence-corrected chi connectivity index (χ3v) is 4.83. The lowest BCUT2D eigenvalue weighted by atomic mass is 10.1. The predicted octanol–water partition coefficient (Wildman–Crippen LogP) is 6.63. The Hall–Kier alpha value is -2.72. The highest BCUT2D eigenvalue weighted by Gasteiger charge is 2.13. The van der Waals surface area contributed by atoms with Crippen molar-refractivity contribution in [2.45, 2.75) is 33.4 Å². The lowest BCUT2D eigenvalue weighted by Crippen LogP contribution is -2.05. The SMILES string of the molecule is CCOc1cc(CNc2ccccc2CC)cc(Cl)c1OCc1ccc(F)cc1. The Bertz CT molecular complexity index is 944. The molecule has 0 fully saturated rings. The molecule has 1 N–H and O–H groups in total. The van der Waals surface area contributed by atoms with Crippen molar-refractivity contribution in [1.29, 1.82) is 0 Å². The zero-order valence-corrected chi connectivity index (χ0v) is 17.4. The van der Waals surface area contributed by atoms with E-state index >= 15 is 0 Å². The Balaban J connectivity index is 1.75. The molecule has 0 saturated heterocycles. The monoisotopic (exact) mass is 413 g/mol. The van der Waals surface area contributed by atoms with Crippen molar-refractivity contribution in [2.24, 2.45) is 0 Å². The number of para-hydroxylation sites is 1. The molecule has 0 aliphatic rings. The Morgan fingerprint density at radius 1 is 0.931 bits per heavy atom. The van der Waals surface area contributed by atoms with Crippen LogP contribution in [0.3, 0.4) is 0 Å². The molecule has 0 spiro atoms. The van der Waals surface area contributed by atoms with Gasteiger partial charge in [-0.3, -0.25) is 0 Å². The molecule has 0 radical (unpaired) electrons. The minimum Gasteiger partial charge on any atom is -0.490 e. The van der Waals surface area contributed by atoms with Gasteiger partial charge in [-0.15, -0.1) is 0 Å². The van der Waals surface area contributed by atoms with Crippen LogP contribution in [0.5, 0.6) is 11.5 Å². The molecule has 0 aliphatic carbocycles. The second kappa shape index (κ2) is 10.2. The van der Waals surface area contributed by atoms with Gasteiger partial charge in [-0.2, -0.15) is 0 Å². The van der Waals surface area contributed by atoms with Gasteiger partial charge in [0.2, 0.25) is 0 Å². The fourth-order valence-electron chi connectivity index (χ4n) is 3.06. The fourth-order valence-corrected chi connectivity index (χ4v) is 3.35. The summed E-state index contributed by atoms with van der Waals surface area (Å²) < 4.78 is 24.7. The summed E-state index contributed by atoms with van der Waals surface area (Å²) in [6, 6.07) is 18.3. The van der Waals surface area contributed by atoms with Crippen molar-refractivity contribution in [3.63, 3.8) is 0 Å². The van der Waals surface area contributed by atoms with E-state index in [-0.39, 0.29) is 12.4 Å². The summed E-state index contributed by atoms with van der Waals surface area (Å²) in [6.45, 7) is 5.45. The summed E-state index contributed by atoms with van der Waals surface area (Å²) in [5.41, 5.74) is 4.23. The first kappa shape index (κ1) is 21.0. The Morgan fingerprint density at radius 3 is 2.41 bits per heavy atom. The van der Waals surface area contributed by atoms with E-state index in [4.69, 9.17) is 21.1 Å². The van der Waals surface area contributed by atoms with E-state index in [0.29, 0.717) is 29.7 Å². The highest BCUT2D eigenvalue weighted by molar-refractivity contribution is 6.32. The summed E-state index contributed by atoms with van der Waals surface area (Å²) in [5.74, 6) is 0.821. The molecule has 0 amide bonds. The van der Waals surface area contributed by atoms with Crippen molar-refractivity contribution in [3.8, 4) is 11.5 Å². The van der Waals surface area contributed by atoms with Gasteiger partial charge >= 0.3 is 0 Å². The van der Waals surface area contributed by atoms with Gasteiger partial charge in [0.25, 0.3) is 0 Å². The van der Waals surface area contributed by atoms with Crippen molar-refractivity contribution in [3.05, 3.63) is 88.2 Å². The van der Waals surface area contributed by atoms with E-state index in [1.165, 1.54) is 17.7 Å². The number of anilines is 1. The number of halogens is 2. The largest absolute Gasteiger partial charge is 0.490 e. The maximum absolute atomic E-state index is 13.1. The Kier molecular flexibility index (Phi) is 7.36. The van der Waals surface area contributed by atoms with E-state index in [1.54, 1.807) is 12.1 Å². The summed E-state index contributed by atoms with van der Waals surface area (Å²) >= 11 is 6.51. The van der Waals surface area contributed by atoms with E-state index in [9.17, 15) is 4.39 Å². The van der Waals surface area contributed by atoms with Crippen molar-refractivity contribution in [2.75, 3.05) is 11.9 Å². The van der Waals surface area contributed by atoms with Crippen molar-refractivity contribution < 1.29 is 13.9 Å². The van der Waals surface area contributed by atoms with Crippen LogP contribution in [0.15, 0.2) is 60.7 Å². The lowest BCUT2D eigenvalue weighted by Gasteiger charge is -2.16. The zero-order valence-electron chi connectivity index (χ0n) is 16.7. The molecule has 0 saturated carbocycles. The highest BCUT2D eigenvalue weighted by atomic mass is 35.5. The third-order valence-electron chi connectivity index (χ3n) is 4.55. The number of hydrogen-bond acceptors (Lipinski definition) is 3. The first-order valence-electron chi connectivity index (χ1n) is 9.75. The molecule has 152 valence electrons. The molecule has 0 atom stereocenters. The average molecular weight is 414 g/mol. The van der Waals surface area contributed by atoms with E-state index in [0.717, 1.165) is 23.2 Å². The number of aryl methyl sites for hydroxylation is 1. The zero-order chi connectivity index (χ0) is 20.6. The molecule has 0 aromatic heterocycles. The predicted molar refractivity (Wildman–Crippen MR) is 116 cm³/mol. The Morgan fingerprint density at radius 2 is 1.69 bits per heavy atom. The maximum atomic E-state index is 13.1. The van der Waals surface area contributed by atoms with Gasteiger partial charge in [-0.05, 0) is 60.4 Å². The van der Waals surface area contributed by atoms with Gasteiger partial charge < -0.3 is 14.8 Å². The summed E-state index contributed by atoms with van der Waals surface area (Å²) in [5, 5.41) is 3.95. The minimum atomic E-state index is -0.275. The van der Waals surface area contributed by atoms with Gasteiger partial charge in [0, 0.05) is 12.2 Å². The number of hydrogen-bond donors (Lipinski definition) is 1. The van der Waals surface area contributed by atoms with E-state index < -0.39 is 0 Å². The molecule has 3 aromatic rings. The molecule has 0 heterocycles. The van der Waals surface area contributed by atoms with Crippen LogP contribution in [0.2, 0.25) is 5.02 Å². The van der Waals surface area contributed by atoms with Crippen LogP contribution >= 0.6 is 11.6 Å². The van der Waals surface area contributed by atoms with Gasteiger partial charge in [0.1, 0.15) is 12.4 Å². The number of benzene rings is 3. The third kappa shape index (κ3) is 5.64. The van der Waals surface area contributed by atoms with Gasteiger partial charge in [-0.25, -0.2) is 4.39 Å². The van der Waals surface area contributed by atoms with Crippen molar-refractivity contribution >= 4 is 17.3 Å². The topological polar surface area (TPSA) is 30.5 Å². The standard InChI is InChI=1S/C24H25ClFNO2/c1-3-19-7-5-6-8-22(19)27-15-18-13-21(25)24(23(14-18)28-4-2)29-16-17-9-11-20(26)12-10-17/h5-14,27H,3-4,15-16H2,1-2H3. The van der Waals surface area contributed by atoms with Gasteiger partial charge in [0.05, 0.1) is 11.6 Å². The maximum Gasteiger partial charge on any atom is 0.180 e. The second-order valence-electron chi connectivity index (χ2n) is 6.62. The van der Waals surface area contributed by atoms with Crippen LogP contribution in [0.25, 0.3) is 0 Å². The average Bonchev–Trinajstić information content (AvgIpc) is 2.73. The molecule has 5 heteroatoms. The molecule has 0 unspecified atom stereocenters. The second-order valence-corrected chi connectivity index (χ2v) is 7.02. The molecule has 0 bridgehead atoms. The molecule has 3 nitrogen and oxygen atoms in total. The van der Waals surface area contributed by atoms with Gasteiger partial charge in [-0.1, -0.05) is 48.9 Å². The van der Waals surface area contributed by atoms with Crippen LogP contribution in [-0.2, 0) is 19.6 Å². The number of ether oxygens (including phenoxy) is 2. The van der Waals surface area contributed by atoms with Gasteiger partial charge in [0.15, 0.2) is 11.5 Å². The van der Waals surface area contributed by atoms with Crippen molar-refractivity contribution in [1.82, 2.24) is 0 Å². The van der Waals surface area contributed by atoms with Crippen LogP contribution < -0.4 is 14.8 Å². The molecular formula is C24H25ClFNO2. The number of rotatable bonds is 9. The summed E-state index contributed by atoms with van der Waals surface area (Å²) in [4.78, 5) is 0. The first-order valence-corrected chi connectivity index (χ1v) is 10.1. The highest BCUT2D eigenvalue weighted by Crippen LogP contribution is 2.37. The molecule has 3 rings (SSSR count). The molecule has 3 aromatic carbocycles. The molecule has 29 heavy (non-hydrogen) atoms. The first-order chi connectivity index (χ1) is 14.1. The lowest BCUT2D eigenvalue weighted by molar-refractivity contribution is 0.269. The van der Waals surface area contributed by atoms with Crippen LogP contribution in [0.1, 0.15) is 30.5 Å². The summed E-state index contributed by atoms with van der Waals surface area (Å²) in [6.07, 6.45) is 0.963.